The van der Waals surface area contributed by atoms with Crippen molar-refractivity contribution in [2.24, 2.45) is 11.8 Å². The molecule has 1 saturated carbocycles. The summed E-state index contributed by atoms with van der Waals surface area (Å²) in [5.41, 5.74) is 2.94. The molecule has 0 aromatic carbocycles. The number of hydrazine groups is 1. The lowest BCUT2D eigenvalue weighted by Crippen LogP contribution is -2.29. The number of nitrogens with one attached hydrogen (secondary N) is 1. The third-order valence-corrected chi connectivity index (χ3v) is 5.18. The molecule has 2 nitrogen and oxygen atoms in total. The van der Waals surface area contributed by atoms with Gasteiger partial charge in [-0.05, 0) is 23.8 Å². The van der Waals surface area contributed by atoms with E-state index in [9.17, 15) is 0 Å². The Kier molecular flexibility index (Phi) is 5.29. The van der Waals surface area contributed by atoms with Crippen molar-refractivity contribution in [2.75, 3.05) is 0 Å². The predicted molar refractivity (Wildman–Crippen MR) is 75.2 cm³/mol. The van der Waals surface area contributed by atoms with E-state index < -0.39 is 0 Å². The smallest absolute Gasteiger partial charge is 0.0570 e. The minimum atomic E-state index is 0.227. The summed E-state index contributed by atoms with van der Waals surface area (Å²) >= 11 is 7.88. The fraction of sp³-hybridized carbons (Fsp3) is 0.692. The highest BCUT2D eigenvalue weighted by Crippen LogP contribution is 2.35. The zero-order chi connectivity index (χ0) is 12.1. The highest BCUT2D eigenvalue weighted by Gasteiger charge is 2.21. The van der Waals surface area contributed by atoms with Crippen LogP contribution in [0.4, 0.5) is 0 Å². The maximum atomic E-state index is 6.18. The van der Waals surface area contributed by atoms with Crippen LogP contribution in [0.2, 0.25) is 5.02 Å². The minimum absolute atomic E-state index is 0.227. The maximum Gasteiger partial charge on any atom is 0.0570 e. The van der Waals surface area contributed by atoms with E-state index >= 15 is 0 Å². The van der Waals surface area contributed by atoms with Gasteiger partial charge in [-0.2, -0.15) is 0 Å². The third-order valence-electron chi connectivity index (χ3n) is 3.71. The van der Waals surface area contributed by atoms with Crippen molar-refractivity contribution < 1.29 is 0 Å². The molecule has 1 heterocycles. The molecule has 0 aliphatic heterocycles. The van der Waals surface area contributed by atoms with Crippen LogP contribution in [0.3, 0.4) is 0 Å². The Bertz CT molecular complexity index is 332. The van der Waals surface area contributed by atoms with Crippen molar-refractivity contribution in [1.29, 1.82) is 0 Å². The second kappa shape index (κ2) is 6.74. The number of rotatable bonds is 4. The molecule has 3 N–H and O–H groups in total. The van der Waals surface area contributed by atoms with Crippen molar-refractivity contribution in [3.63, 3.8) is 0 Å². The Morgan fingerprint density at radius 3 is 2.59 bits per heavy atom. The molecule has 1 atom stereocenters. The molecule has 17 heavy (non-hydrogen) atoms. The minimum Gasteiger partial charge on any atom is -0.271 e. The highest BCUT2D eigenvalue weighted by atomic mass is 35.5. The average molecular weight is 273 g/mol. The summed E-state index contributed by atoms with van der Waals surface area (Å²) in [4.78, 5) is 1.19. The summed E-state index contributed by atoms with van der Waals surface area (Å²) in [6, 6.07) is 2.18. The second-order valence-corrected chi connectivity index (χ2v) is 6.30. The van der Waals surface area contributed by atoms with Gasteiger partial charge in [0.2, 0.25) is 0 Å². The summed E-state index contributed by atoms with van der Waals surface area (Å²) < 4.78 is 0. The molecule has 0 spiro atoms. The van der Waals surface area contributed by atoms with E-state index in [2.05, 4.69) is 5.43 Å². The molecule has 2 rings (SSSR count). The van der Waals surface area contributed by atoms with Crippen LogP contribution >= 0.6 is 22.9 Å². The van der Waals surface area contributed by atoms with Gasteiger partial charge in [-0.15, -0.1) is 11.3 Å². The first kappa shape index (κ1) is 13.3. The van der Waals surface area contributed by atoms with Gasteiger partial charge in [0.05, 0.1) is 11.1 Å². The van der Waals surface area contributed by atoms with E-state index in [4.69, 9.17) is 17.4 Å². The van der Waals surface area contributed by atoms with Crippen molar-refractivity contribution in [3.05, 3.63) is 21.3 Å². The topological polar surface area (TPSA) is 38.0 Å². The van der Waals surface area contributed by atoms with E-state index in [1.165, 1.54) is 43.4 Å². The standard InChI is InChI=1S/C13H21ClN2S/c14-11-7-8-17-13(11)12(16-15)9-10-5-3-1-2-4-6-10/h7-8,10,12,16H,1-6,9,15H2. The number of halogens is 1. The predicted octanol–water partition coefficient (Wildman–Crippen LogP) is 4.27. The van der Waals surface area contributed by atoms with Gasteiger partial charge in [0.15, 0.2) is 0 Å². The molecule has 1 aliphatic carbocycles. The first-order chi connectivity index (χ1) is 8.31. The summed E-state index contributed by atoms with van der Waals surface area (Å²) in [6.07, 6.45) is 9.37. The van der Waals surface area contributed by atoms with E-state index in [0.717, 1.165) is 17.4 Å². The Hall–Kier alpha value is -0.0900. The molecule has 1 aromatic heterocycles. The van der Waals surface area contributed by atoms with Crippen LogP contribution in [0.1, 0.15) is 55.9 Å². The Balaban J connectivity index is 1.97. The number of thiophene rings is 1. The second-order valence-electron chi connectivity index (χ2n) is 4.95. The Morgan fingerprint density at radius 1 is 1.35 bits per heavy atom. The monoisotopic (exact) mass is 272 g/mol. The Labute approximate surface area is 113 Å². The lowest BCUT2D eigenvalue weighted by atomic mass is 9.92. The molecule has 4 heteroatoms. The lowest BCUT2D eigenvalue weighted by Gasteiger charge is -2.21. The fourth-order valence-corrected chi connectivity index (χ4v) is 4.00. The van der Waals surface area contributed by atoms with Gasteiger partial charge in [-0.3, -0.25) is 11.3 Å². The summed E-state index contributed by atoms with van der Waals surface area (Å²) in [5.74, 6) is 6.49. The van der Waals surface area contributed by atoms with Crippen molar-refractivity contribution >= 4 is 22.9 Å². The van der Waals surface area contributed by atoms with E-state index in [1.54, 1.807) is 11.3 Å². The molecule has 0 amide bonds. The van der Waals surface area contributed by atoms with Crippen LogP contribution in [0.5, 0.6) is 0 Å². The molecule has 96 valence electrons. The molecular weight excluding hydrogens is 252 g/mol. The first-order valence-electron chi connectivity index (χ1n) is 6.50. The van der Waals surface area contributed by atoms with Crippen LogP contribution in [0.15, 0.2) is 11.4 Å². The number of hydrogen-bond donors (Lipinski definition) is 2. The average Bonchev–Trinajstić information content (AvgIpc) is 2.62. The summed E-state index contributed by atoms with van der Waals surface area (Å²) in [6.45, 7) is 0. The van der Waals surface area contributed by atoms with Crippen molar-refractivity contribution in [2.45, 2.75) is 51.0 Å². The molecule has 1 fully saturated rings. The normalized spacial score (nSPS) is 20.1. The highest BCUT2D eigenvalue weighted by molar-refractivity contribution is 7.10. The van der Waals surface area contributed by atoms with Crippen LogP contribution in [-0.2, 0) is 0 Å². The van der Waals surface area contributed by atoms with Gasteiger partial charge < -0.3 is 0 Å². The van der Waals surface area contributed by atoms with Gasteiger partial charge in [0, 0.05) is 4.88 Å². The zero-order valence-corrected chi connectivity index (χ0v) is 11.7. The first-order valence-corrected chi connectivity index (χ1v) is 7.76. The SMILES string of the molecule is NNC(CC1CCCCCC1)c1sccc1Cl. The summed E-state index contributed by atoms with van der Waals surface area (Å²) in [5, 5.41) is 2.89. The zero-order valence-electron chi connectivity index (χ0n) is 10.1. The molecule has 0 saturated heterocycles. The molecule has 1 aliphatic rings. The molecular formula is C13H21ClN2S. The van der Waals surface area contributed by atoms with Gasteiger partial charge in [0.1, 0.15) is 0 Å². The largest absolute Gasteiger partial charge is 0.271 e. The molecule has 1 aromatic rings. The summed E-state index contributed by atoms with van der Waals surface area (Å²) in [7, 11) is 0. The van der Waals surface area contributed by atoms with Crippen LogP contribution in [0, 0.1) is 5.92 Å². The van der Waals surface area contributed by atoms with Crippen LogP contribution in [0.25, 0.3) is 0 Å². The van der Waals surface area contributed by atoms with Gasteiger partial charge in [-0.1, -0.05) is 50.1 Å². The Morgan fingerprint density at radius 2 is 2.06 bits per heavy atom. The van der Waals surface area contributed by atoms with Crippen molar-refractivity contribution in [1.82, 2.24) is 5.43 Å². The number of nitrogens with two attached hydrogens (primary N) is 1. The van der Waals surface area contributed by atoms with Crippen LogP contribution in [-0.4, -0.2) is 0 Å². The van der Waals surface area contributed by atoms with E-state index in [1.807, 2.05) is 11.4 Å². The number of hydrogen-bond acceptors (Lipinski definition) is 3. The molecule has 0 bridgehead atoms. The quantitative estimate of drug-likeness (QED) is 0.488. The van der Waals surface area contributed by atoms with Crippen molar-refractivity contribution in [3.8, 4) is 0 Å². The van der Waals surface area contributed by atoms with Gasteiger partial charge >= 0.3 is 0 Å². The van der Waals surface area contributed by atoms with Crippen LogP contribution < -0.4 is 11.3 Å². The fourth-order valence-electron chi connectivity index (χ4n) is 2.74. The molecule has 0 radical (unpaired) electrons. The molecule has 1 unspecified atom stereocenters. The lowest BCUT2D eigenvalue weighted by molar-refractivity contribution is 0.362. The van der Waals surface area contributed by atoms with E-state index in [0.29, 0.717) is 0 Å². The maximum absolute atomic E-state index is 6.18. The van der Waals surface area contributed by atoms with Gasteiger partial charge in [-0.25, -0.2) is 0 Å². The van der Waals surface area contributed by atoms with E-state index in [-0.39, 0.29) is 6.04 Å². The van der Waals surface area contributed by atoms with Gasteiger partial charge in [0.25, 0.3) is 0 Å². The third kappa shape index (κ3) is 3.68.